The molecule has 2 aromatic rings. The minimum absolute atomic E-state index is 0.0528. The minimum Gasteiger partial charge on any atom is -0.372 e. The number of amides is 2. The van der Waals surface area contributed by atoms with Crippen LogP contribution in [0.5, 0.6) is 0 Å². The van der Waals surface area contributed by atoms with Gasteiger partial charge in [0, 0.05) is 42.1 Å². The largest absolute Gasteiger partial charge is 0.372 e. The average Bonchev–Trinajstić information content (AvgIpc) is 2.68. The van der Waals surface area contributed by atoms with Crippen LogP contribution in [0.2, 0.25) is 5.02 Å². The van der Waals surface area contributed by atoms with Gasteiger partial charge in [-0.25, -0.2) is 0 Å². The molecule has 0 unspecified atom stereocenters. The van der Waals surface area contributed by atoms with E-state index >= 15 is 0 Å². The fourth-order valence-corrected chi connectivity index (χ4v) is 3.50. The van der Waals surface area contributed by atoms with Crippen LogP contribution in [0.4, 0.5) is 17.1 Å². The van der Waals surface area contributed by atoms with E-state index in [0.29, 0.717) is 10.7 Å². The first-order valence-electron chi connectivity index (χ1n) is 9.61. The number of benzene rings is 2. The molecule has 148 valence electrons. The lowest BCUT2D eigenvalue weighted by Crippen LogP contribution is -2.36. The van der Waals surface area contributed by atoms with Crippen molar-refractivity contribution < 1.29 is 9.59 Å². The monoisotopic (exact) mass is 399 g/mol. The zero-order valence-corrected chi connectivity index (χ0v) is 17.1. The van der Waals surface area contributed by atoms with Gasteiger partial charge in [0.25, 0.3) is 0 Å². The molecule has 1 N–H and O–H groups in total. The van der Waals surface area contributed by atoms with Crippen molar-refractivity contribution in [3.05, 3.63) is 53.6 Å². The molecule has 0 bridgehead atoms. The second-order valence-electron chi connectivity index (χ2n) is 7.35. The Morgan fingerprint density at radius 3 is 2.25 bits per heavy atom. The average molecular weight is 400 g/mol. The van der Waals surface area contributed by atoms with Gasteiger partial charge in [-0.05, 0) is 67.3 Å². The van der Waals surface area contributed by atoms with E-state index in [1.165, 1.54) is 30.4 Å². The number of nitrogens with one attached hydrogen (secondary N) is 1. The molecule has 1 saturated heterocycles. The van der Waals surface area contributed by atoms with Crippen LogP contribution in [0, 0.1) is 5.92 Å². The third-order valence-electron chi connectivity index (χ3n) is 5.12. The van der Waals surface area contributed by atoms with E-state index < -0.39 is 0 Å². The van der Waals surface area contributed by atoms with Crippen molar-refractivity contribution in [1.29, 1.82) is 0 Å². The Kier molecular flexibility index (Phi) is 6.57. The quantitative estimate of drug-likeness (QED) is 0.801. The normalized spacial score (nSPS) is 14.6. The molecule has 0 spiro atoms. The lowest BCUT2D eigenvalue weighted by molar-refractivity contribution is -0.120. The molecule has 1 aliphatic heterocycles. The second-order valence-corrected chi connectivity index (χ2v) is 7.78. The van der Waals surface area contributed by atoms with Crippen molar-refractivity contribution in [3.8, 4) is 0 Å². The van der Waals surface area contributed by atoms with Gasteiger partial charge in [0.15, 0.2) is 0 Å². The molecule has 0 radical (unpaired) electrons. The highest BCUT2D eigenvalue weighted by atomic mass is 35.5. The summed E-state index contributed by atoms with van der Waals surface area (Å²) in [5.41, 5.74) is 2.54. The Balaban J connectivity index is 1.60. The number of anilines is 3. The third kappa shape index (κ3) is 5.26. The van der Waals surface area contributed by atoms with Gasteiger partial charge in [0.05, 0.1) is 0 Å². The van der Waals surface area contributed by atoms with Gasteiger partial charge in [0.1, 0.15) is 6.54 Å². The number of nitrogens with zero attached hydrogens (tertiary/aromatic N) is 2. The lowest BCUT2D eigenvalue weighted by Gasteiger charge is -2.32. The lowest BCUT2D eigenvalue weighted by atomic mass is 9.99. The first kappa shape index (κ1) is 20.2. The molecule has 1 fully saturated rings. The molecule has 5 nitrogen and oxygen atoms in total. The van der Waals surface area contributed by atoms with Crippen LogP contribution < -0.4 is 15.1 Å². The summed E-state index contributed by atoms with van der Waals surface area (Å²) in [5.74, 6) is 0.344. The van der Waals surface area contributed by atoms with Gasteiger partial charge in [-0.2, -0.15) is 0 Å². The summed E-state index contributed by atoms with van der Waals surface area (Å²) in [6.07, 6.45) is 2.42. The van der Waals surface area contributed by atoms with Crippen LogP contribution in [-0.2, 0) is 9.59 Å². The van der Waals surface area contributed by atoms with Gasteiger partial charge in [-0.1, -0.05) is 18.5 Å². The van der Waals surface area contributed by atoms with E-state index in [0.717, 1.165) is 24.7 Å². The first-order chi connectivity index (χ1) is 13.4. The zero-order valence-electron chi connectivity index (χ0n) is 16.3. The SMILES string of the molecule is CC(=O)N(CC(=O)Nc1ccc(N2CCC(C)CC2)cc1)c1ccc(Cl)cc1. The van der Waals surface area contributed by atoms with Crippen LogP contribution in [0.15, 0.2) is 48.5 Å². The molecule has 6 heteroatoms. The van der Waals surface area contributed by atoms with Crippen LogP contribution in [-0.4, -0.2) is 31.4 Å². The van der Waals surface area contributed by atoms with Crippen molar-refractivity contribution in [2.45, 2.75) is 26.7 Å². The summed E-state index contributed by atoms with van der Waals surface area (Å²) < 4.78 is 0. The van der Waals surface area contributed by atoms with E-state index in [2.05, 4.69) is 17.1 Å². The Labute approximate surface area is 171 Å². The van der Waals surface area contributed by atoms with Crippen LogP contribution in [0.25, 0.3) is 0 Å². The van der Waals surface area contributed by atoms with Crippen molar-refractivity contribution in [3.63, 3.8) is 0 Å². The number of piperidine rings is 1. The maximum absolute atomic E-state index is 12.4. The van der Waals surface area contributed by atoms with Crippen LogP contribution >= 0.6 is 11.6 Å². The highest BCUT2D eigenvalue weighted by Crippen LogP contribution is 2.24. The molecular weight excluding hydrogens is 374 g/mol. The maximum atomic E-state index is 12.4. The molecule has 0 saturated carbocycles. The van der Waals surface area contributed by atoms with Crippen molar-refractivity contribution in [1.82, 2.24) is 0 Å². The Hall–Kier alpha value is -2.53. The predicted octanol–water partition coefficient (Wildman–Crippen LogP) is 4.57. The molecule has 0 aromatic heterocycles. The molecule has 0 aliphatic carbocycles. The fraction of sp³-hybridized carbons (Fsp3) is 0.364. The molecule has 0 atom stereocenters. The second kappa shape index (κ2) is 9.11. The van der Waals surface area contributed by atoms with Crippen molar-refractivity contribution >= 4 is 40.5 Å². The van der Waals surface area contributed by atoms with Crippen molar-refractivity contribution in [2.75, 3.05) is 34.8 Å². The molecule has 28 heavy (non-hydrogen) atoms. The smallest absolute Gasteiger partial charge is 0.244 e. The number of hydrogen-bond donors (Lipinski definition) is 1. The standard InChI is InChI=1S/C22H26ClN3O2/c1-16-11-13-25(14-12-16)20-9-5-19(6-10-20)24-22(28)15-26(17(2)27)21-7-3-18(23)4-8-21/h3-10,16H,11-15H2,1-2H3,(H,24,28). The third-order valence-corrected chi connectivity index (χ3v) is 5.37. The number of carbonyl (C=O) groups excluding carboxylic acids is 2. The first-order valence-corrected chi connectivity index (χ1v) is 9.98. The Morgan fingerprint density at radius 1 is 1.07 bits per heavy atom. The van der Waals surface area contributed by atoms with Gasteiger partial charge in [0.2, 0.25) is 11.8 Å². The van der Waals surface area contributed by atoms with Gasteiger partial charge >= 0.3 is 0 Å². The molecule has 3 rings (SSSR count). The topological polar surface area (TPSA) is 52.7 Å². The number of rotatable bonds is 5. The summed E-state index contributed by atoms with van der Waals surface area (Å²) >= 11 is 5.90. The predicted molar refractivity (Wildman–Crippen MR) is 115 cm³/mol. The number of carbonyl (C=O) groups is 2. The fourth-order valence-electron chi connectivity index (χ4n) is 3.37. The highest BCUT2D eigenvalue weighted by Gasteiger charge is 2.17. The Bertz CT molecular complexity index is 813. The Morgan fingerprint density at radius 2 is 1.68 bits per heavy atom. The molecule has 2 aromatic carbocycles. The van der Waals surface area contributed by atoms with E-state index in [4.69, 9.17) is 11.6 Å². The molecule has 1 aliphatic rings. The molecule has 1 heterocycles. The van der Waals surface area contributed by atoms with E-state index in [-0.39, 0.29) is 18.4 Å². The summed E-state index contributed by atoms with van der Waals surface area (Å²) in [4.78, 5) is 28.2. The van der Waals surface area contributed by atoms with Gasteiger partial charge in [-0.15, -0.1) is 0 Å². The van der Waals surface area contributed by atoms with E-state index in [1.807, 2.05) is 24.3 Å². The molecular formula is C22H26ClN3O2. The van der Waals surface area contributed by atoms with Crippen molar-refractivity contribution in [2.24, 2.45) is 5.92 Å². The summed E-state index contributed by atoms with van der Waals surface area (Å²) in [5, 5.41) is 3.45. The molecule has 2 amide bonds. The zero-order chi connectivity index (χ0) is 20.1. The summed E-state index contributed by atoms with van der Waals surface area (Å²) in [7, 11) is 0. The van der Waals surface area contributed by atoms with Gasteiger partial charge in [-0.3, -0.25) is 9.59 Å². The van der Waals surface area contributed by atoms with Crippen LogP contribution in [0.3, 0.4) is 0 Å². The maximum Gasteiger partial charge on any atom is 0.244 e. The number of halogens is 1. The highest BCUT2D eigenvalue weighted by molar-refractivity contribution is 6.30. The van der Waals surface area contributed by atoms with Crippen LogP contribution in [0.1, 0.15) is 26.7 Å². The van der Waals surface area contributed by atoms with E-state index in [1.54, 1.807) is 24.3 Å². The minimum atomic E-state index is -0.246. The van der Waals surface area contributed by atoms with Gasteiger partial charge < -0.3 is 15.1 Å². The summed E-state index contributed by atoms with van der Waals surface area (Å²) in [6.45, 7) is 5.83. The number of hydrogen-bond acceptors (Lipinski definition) is 3. The van der Waals surface area contributed by atoms with E-state index in [9.17, 15) is 9.59 Å². The summed E-state index contributed by atoms with van der Waals surface area (Å²) in [6, 6.07) is 14.7.